The van der Waals surface area contributed by atoms with Crippen LogP contribution in [0, 0.1) is 0 Å². The van der Waals surface area contributed by atoms with E-state index >= 15 is 0 Å². The van der Waals surface area contributed by atoms with Gasteiger partial charge in [0.15, 0.2) is 5.82 Å². The van der Waals surface area contributed by atoms with E-state index in [0.717, 1.165) is 22.3 Å². The normalized spacial score (nSPS) is 13.4. The summed E-state index contributed by atoms with van der Waals surface area (Å²) < 4.78 is 6.90. The predicted molar refractivity (Wildman–Crippen MR) is 113 cm³/mol. The zero-order valence-electron chi connectivity index (χ0n) is 16.8. The largest absolute Gasteiger partial charge is 0.477 e. The molecule has 1 amide bonds. The third-order valence-corrected chi connectivity index (χ3v) is 5.54. The van der Waals surface area contributed by atoms with Gasteiger partial charge in [0, 0.05) is 18.0 Å². The van der Waals surface area contributed by atoms with E-state index in [0.29, 0.717) is 6.42 Å². The molecule has 2 aromatic carbocycles. The quantitative estimate of drug-likeness (QED) is 0.608. The van der Waals surface area contributed by atoms with Crippen molar-refractivity contribution in [1.82, 2.24) is 9.78 Å². The maximum absolute atomic E-state index is 12.4. The van der Waals surface area contributed by atoms with E-state index in [1.807, 2.05) is 50.2 Å². The average Bonchev–Trinajstić information content (AvgIpc) is 3.31. The molecule has 30 heavy (non-hydrogen) atoms. The Kier molecular flexibility index (Phi) is 5.27. The van der Waals surface area contributed by atoms with Gasteiger partial charge in [-0.15, -0.1) is 0 Å². The maximum atomic E-state index is 12.4. The fraction of sp³-hybridized carbons (Fsp3) is 0.261. The summed E-state index contributed by atoms with van der Waals surface area (Å²) in [6.07, 6.45) is 0.0504. The summed E-state index contributed by atoms with van der Waals surface area (Å²) in [5.41, 5.74) is 4.58. The highest BCUT2D eigenvalue weighted by atomic mass is 16.5. The van der Waals surface area contributed by atoms with Crippen LogP contribution in [0.15, 0.2) is 54.6 Å². The van der Waals surface area contributed by atoms with Crippen LogP contribution in [0.2, 0.25) is 0 Å². The summed E-state index contributed by atoms with van der Waals surface area (Å²) in [4.78, 5) is 23.9. The molecule has 0 radical (unpaired) electrons. The van der Waals surface area contributed by atoms with E-state index in [9.17, 15) is 14.7 Å². The molecule has 1 atom stereocenters. The fourth-order valence-corrected chi connectivity index (χ4v) is 3.86. The van der Waals surface area contributed by atoms with Crippen molar-refractivity contribution < 1.29 is 19.4 Å². The summed E-state index contributed by atoms with van der Waals surface area (Å²) in [7, 11) is 0. The molecule has 1 aliphatic rings. The minimum absolute atomic E-state index is 0.0262. The van der Waals surface area contributed by atoms with Gasteiger partial charge in [-0.25, -0.2) is 9.59 Å². The van der Waals surface area contributed by atoms with Gasteiger partial charge in [0.05, 0.1) is 0 Å². The summed E-state index contributed by atoms with van der Waals surface area (Å²) in [5.74, 6) is -0.983. The molecule has 2 N–H and O–H groups in total. The first-order chi connectivity index (χ1) is 14.5. The molecule has 7 nitrogen and oxygen atoms in total. The van der Waals surface area contributed by atoms with E-state index in [4.69, 9.17) is 4.74 Å². The average molecular weight is 405 g/mol. The minimum Gasteiger partial charge on any atom is -0.477 e. The van der Waals surface area contributed by atoms with Crippen molar-refractivity contribution in [2.45, 2.75) is 32.2 Å². The zero-order valence-corrected chi connectivity index (χ0v) is 16.8. The second-order valence-electron chi connectivity index (χ2n) is 7.37. The van der Waals surface area contributed by atoms with Crippen molar-refractivity contribution in [2.24, 2.45) is 0 Å². The molecule has 1 aliphatic carbocycles. The summed E-state index contributed by atoms with van der Waals surface area (Å²) in [6, 6.07) is 17.4. The van der Waals surface area contributed by atoms with Gasteiger partial charge in [-0.1, -0.05) is 55.5 Å². The van der Waals surface area contributed by atoms with Gasteiger partial charge in [-0.2, -0.15) is 5.10 Å². The number of carbonyl (C=O) groups excluding carboxylic acids is 1. The van der Waals surface area contributed by atoms with Crippen molar-refractivity contribution in [3.63, 3.8) is 0 Å². The van der Waals surface area contributed by atoms with Crippen LogP contribution in [-0.2, 0) is 4.74 Å². The Morgan fingerprint density at radius 1 is 1.13 bits per heavy atom. The van der Waals surface area contributed by atoms with Crippen LogP contribution in [0.5, 0.6) is 0 Å². The van der Waals surface area contributed by atoms with Gasteiger partial charge in [0.2, 0.25) is 0 Å². The predicted octanol–water partition coefficient (Wildman–Crippen LogP) is 4.91. The number of aromatic nitrogens is 2. The van der Waals surface area contributed by atoms with Crippen molar-refractivity contribution in [3.05, 3.63) is 71.4 Å². The molecular weight excluding hydrogens is 382 g/mol. The fourth-order valence-electron chi connectivity index (χ4n) is 3.86. The number of nitrogens with zero attached hydrogens (tertiary/aromatic N) is 2. The monoisotopic (exact) mass is 405 g/mol. The van der Waals surface area contributed by atoms with Gasteiger partial charge in [0.1, 0.15) is 12.3 Å². The minimum atomic E-state index is -1.09. The lowest BCUT2D eigenvalue weighted by molar-refractivity contribution is 0.0680. The van der Waals surface area contributed by atoms with Crippen LogP contribution in [0.1, 0.15) is 53.8 Å². The number of carbonyl (C=O) groups is 2. The number of anilines is 1. The molecule has 1 aromatic heterocycles. The molecule has 0 fully saturated rings. The topological polar surface area (TPSA) is 93.5 Å². The van der Waals surface area contributed by atoms with E-state index in [-0.39, 0.29) is 30.1 Å². The van der Waals surface area contributed by atoms with Gasteiger partial charge in [-0.3, -0.25) is 10.00 Å². The van der Waals surface area contributed by atoms with Gasteiger partial charge < -0.3 is 9.84 Å². The third kappa shape index (κ3) is 3.54. The summed E-state index contributed by atoms with van der Waals surface area (Å²) in [5, 5.41) is 16.2. The Morgan fingerprint density at radius 2 is 1.73 bits per heavy atom. The molecular formula is C23H23N3O4. The molecule has 0 saturated heterocycles. The Morgan fingerprint density at radius 3 is 2.30 bits per heavy atom. The van der Waals surface area contributed by atoms with Crippen LogP contribution in [0.4, 0.5) is 10.6 Å². The molecule has 0 bridgehead atoms. The Bertz CT molecular complexity index is 1060. The van der Waals surface area contributed by atoms with E-state index in [1.165, 1.54) is 10.7 Å². The number of nitrogens with one attached hydrogen (secondary N) is 1. The molecule has 4 rings (SSSR count). The van der Waals surface area contributed by atoms with Crippen LogP contribution < -0.4 is 5.32 Å². The Labute approximate surface area is 174 Å². The summed E-state index contributed by atoms with van der Waals surface area (Å²) >= 11 is 0. The van der Waals surface area contributed by atoms with E-state index in [1.54, 1.807) is 0 Å². The SMILES string of the molecule is CCC(C)n1nc(NC(=O)OCC2c3ccccc3-c3ccccc32)cc1C(=O)O. The number of hydrogen-bond acceptors (Lipinski definition) is 4. The first kappa shape index (κ1) is 19.7. The number of aromatic carboxylic acids is 1. The molecule has 1 heterocycles. The van der Waals surface area contributed by atoms with Crippen molar-refractivity contribution in [2.75, 3.05) is 11.9 Å². The van der Waals surface area contributed by atoms with Crippen LogP contribution in [-0.4, -0.2) is 33.6 Å². The molecule has 0 aliphatic heterocycles. The van der Waals surface area contributed by atoms with Crippen molar-refractivity contribution in [3.8, 4) is 11.1 Å². The molecule has 1 unspecified atom stereocenters. The smallest absolute Gasteiger partial charge is 0.412 e. The lowest BCUT2D eigenvalue weighted by atomic mass is 9.98. The van der Waals surface area contributed by atoms with Gasteiger partial charge in [-0.05, 0) is 35.6 Å². The van der Waals surface area contributed by atoms with Gasteiger partial charge >= 0.3 is 12.1 Å². The van der Waals surface area contributed by atoms with Crippen LogP contribution in [0.25, 0.3) is 11.1 Å². The van der Waals surface area contributed by atoms with Crippen LogP contribution >= 0.6 is 0 Å². The number of fused-ring (bicyclic) bond motifs is 3. The molecule has 154 valence electrons. The molecule has 3 aromatic rings. The Hall–Kier alpha value is -3.61. The number of benzene rings is 2. The maximum Gasteiger partial charge on any atom is 0.412 e. The highest BCUT2D eigenvalue weighted by Crippen LogP contribution is 2.44. The van der Waals surface area contributed by atoms with Crippen molar-refractivity contribution >= 4 is 17.9 Å². The molecule has 0 spiro atoms. The zero-order chi connectivity index (χ0) is 21.3. The molecule has 0 saturated carbocycles. The molecule has 7 heteroatoms. The number of amides is 1. The first-order valence-corrected chi connectivity index (χ1v) is 9.94. The number of carboxylic acids is 1. The lowest BCUT2D eigenvalue weighted by Gasteiger charge is -2.14. The second kappa shape index (κ2) is 8.02. The number of ether oxygens (including phenoxy) is 1. The number of rotatable bonds is 6. The number of hydrogen-bond donors (Lipinski definition) is 2. The first-order valence-electron chi connectivity index (χ1n) is 9.94. The standard InChI is InChI=1S/C23H23N3O4/c1-3-14(2)26-20(22(27)28)12-21(25-26)24-23(29)30-13-19-17-10-6-4-8-15(17)16-9-5-7-11-18(16)19/h4-12,14,19H,3,13H2,1-2H3,(H,27,28)(H,24,25,29). The lowest BCUT2D eigenvalue weighted by Crippen LogP contribution is -2.18. The second-order valence-corrected chi connectivity index (χ2v) is 7.37. The third-order valence-electron chi connectivity index (χ3n) is 5.54. The summed E-state index contributed by atoms with van der Waals surface area (Å²) in [6.45, 7) is 3.99. The van der Waals surface area contributed by atoms with E-state index < -0.39 is 12.1 Å². The van der Waals surface area contributed by atoms with E-state index in [2.05, 4.69) is 22.5 Å². The highest BCUT2D eigenvalue weighted by Gasteiger charge is 2.29. The van der Waals surface area contributed by atoms with Crippen LogP contribution in [0.3, 0.4) is 0 Å². The Balaban J connectivity index is 1.48. The van der Waals surface area contributed by atoms with Gasteiger partial charge in [0.25, 0.3) is 0 Å². The van der Waals surface area contributed by atoms with Crippen molar-refractivity contribution in [1.29, 1.82) is 0 Å². The number of carboxylic acid groups (broad SMARTS) is 1. The highest BCUT2D eigenvalue weighted by molar-refractivity contribution is 5.89.